The quantitative estimate of drug-likeness (QED) is 0.711. The van der Waals surface area contributed by atoms with E-state index >= 15 is 0 Å². The lowest BCUT2D eigenvalue weighted by atomic mass is 9.99. The summed E-state index contributed by atoms with van der Waals surface area (Å²) >= 11 is 0. The van der Waals surface area contributed by atoms with Crippen molar-refractivity contribution in [1.29, 1.82) is 0 Å². The molecular weight excluding hydrogens is 196 g/mol. The van der Waals surface area contributed by atoms with Gasteiger partial charge in [-0.15, -0.1) is 0 Å². The summed E-state index contributed by atoms with van der Waals surface area (Å²) < 4.78 is 0. The summed E-state index contributed by atoms with van der Waals surface area (Å²) in [5, 5.41) is 0. The topological polar surface area (TPSA) is 6.48 Å². The Morgan fingerprint density at radius 3 is 2.25 bits per heavy atom. The lowest BCUT2D eigenvalue weighted by molar-refractivity contribution is 0.128. The largest absolute Gasteiger partial charge is 0.299 e. The minimum Gasteiger partial charge on any atom is -0.299 e. The standard InChI is InChI=1S/C14H28N2/c1-11(2)15-8-13-6-5-7-14(10-15)16(9-13)12(3)4/h11-14H,5-10H2,1-4H3. The maximum Gasteiger partial charge on any atom is 0.0226 e. The molecule has 2 bridgehead atoms. The van der Waals surface area contributed by atoms with E-state index in [9.17, 15) is 0 Å². The Kier molecular flexibility index (Phi) is 3.91. The van der Waals surface area contributed by atoms with Gasteiger partial charge < -0.3 is 0 Å². The SMILES string of the molecule is CC(C)N1CC2CCCC(C1)N(C(C)C)C2. The van der Waals surface area contributed by atoms with Crippen LogP contribution in [-0.4, -0.2) is 47.6 Å². The fourth-order valence-electron chi connectivity index (χ4n) is 3.42. The Labute approximate surface area is 101 Å². The van der Waals surface area contributed by atoms with Gasteiger partial charge in [0.1, 0.15) is 0 Å². The summed E-state index contributed by atoms with van der Waals surface area (Å²) in [6, 6.07) is 2.25. The van der Waals surface area contributed by atoms with Crippen molar-refractivity contribution in [2.24, 2.45) is 5.92 Å². The molecule has 2 heteroatoms. The number of fused-ring (bicyclic) bond motifs is 3. The summed E-state index contributed by atoms with van der Waals surface area (Å²) in [7, 11) is 0. The van der Waals surface area contributed by atoms with E-state index in [2.05, 4.69) is 37.5 Å². The molecule has 0 radical (unpaired) electrons. The van der Waals surface area contributed by atoms with Gasteiger partial charge in [-0.05, 0) is 46.5 Å². The molecule has 2 nitrogen and oxygen atoms in total. The molecule has 2 aliphatic heterocycles. The number of likely N-dealkylation sites (tertiary alicyclic amines) is 1. The Balaban J connectivity index is 2.13. The van der Waals surface area contributed by atoms with Crippen molar-refractivity contribution >= 4 is 0 Å². The van der Waals surface area contributed by atoms with Crippen LogP contribution in [0.25, 0.3) is 0 Å². The van der Waals surface area contributed by atoms with Gasteiger partial charge in [-0.1, -0.05) is 6.42 Å². The molecule has 0 saturated carbocycles. The average molecular weight is 224 g/mol. The minimum atomic E-state index is 0.718. The maximum absolute atomic E-state index is 2.76. The predicted octanol–water partition coefficient (Wildman–Crippen LogP) is 2.59. The molecule has 0 amide bonds. The van der Waals surface area contributed by atoms with Crippen LogP contribution in [-0.2, 0) is 0 Å². The highest BCUT2D eigenvalue weighted by Crippen LogP contribution is 2.28. The molecule has 0 aromatic heterocycles. The molecule has 2 aliphatic rings. The molecule has 2 unspecified atom stereocenters. The summed E-state index contributed by atoms with van der Waals surface area (Å²) in [5.74, 6) is 0.914. The van der Waals surface area contributed by atoms with Crippen LogP contribution in [0.15, 0.2) is 0 Å². The summed E-state index contributed by atoms with van der Waals surface area (Å²) in [5.41, 5.74) is 0. The maximum atomic E-state index is 2.76. The highest BCUT2D eigenvalue weighted by atomic mass is 15.3. The number of rotatable bonds is 2. The zero-order chi connectivity index (χ0) is 11.7. The Morgan fingerprint density at radius 1 is 0.875 bits per heavy atom. The zero-order valence-corrected chi connectivity index (χ0v) is 11.4. The van der Waals surface area contributed by atoms with Crippen LogP contribution in [0.5, 0.6) is 0 Å². The van der Waals surface area contributed by atoms with Gasteiger partial charge >= 0.3 is 0 Å². The molecular formula is C14H28N2. The van der Waals surface area contributed by atoms with E-state index in [1.54, 1.807) is 0 Å². The van der Waals surface area contributed by atoms with E-state index in [0.717, 1.165) is 24.0 Å². The van der Waals surface area contributed by atoms with Gasteiger partial charge in [-0.2, -0.15) is 0 Å². The third-order valence-electron chi connectivity index (χ3n) is 4.42. The van der Waals surface area contributed by atoms with Gasteiger partial charge in [0.15, 0.2) is 0 Å². The van der Waals surface area contributed by atoms with Crippen molar-refractivity contribution in [3.8, 4) is 0 Å². The van der Waals surface area contributed by atoms with Gasteiger partial charge in [-0.25, -0.2) is 0 Å². The second-order valence-corrected chi connectivity index (χ2v) is 6.29. The first-order valence-corrected chi connectivity index (χ1v) is 7.07. The van der Waals surface area contributed by atoms with Gasteiger partial charge in [0, 0.05) is 37.8 Å². The lowest BCUT2D eigenvalue weighted by Gasteiger charge is -2.35. The third kappa shape index (κ3) is 2.60. The highest BCUT2D eigenvalue weighted by Gasteiger charge is 2.34. The van der Waals surface area contributed by atoms with Gasteiger partial charge in [0.25, 0.3) is 0 Å². The van der Waals surface area contributed by atoms with E-state index < -0.39 is 0 Å². The Morgan fingerprint density at radius 2 is 1.62 bits per heavy atom. The molecule has 2 atom stereocenters. The van der Waals surface area contributed by atoms with Crippen molar-refractivity contribution < 1.29 is 0 Å². The first-order valence-electron chi connectivity index (χ1n) is 7.07. The van der Waals surface area contributed by atoms with Gasteiger partial charge in [0.2, 0.25) is 0 Å². The van der Waals surface area contributed by atoms with Crippen LogP contribution in [0.3, 0.4) is 0 Å². The number of hydrogen-bond donors (Lipinski definition) is 0. The second-order valence-electron chi connectivity index (χ2n) is 6.29. The number of hydrogen-bond acceptors (Lipinski definition) is 2. The molecule has 2 saturated heterocycles. The molecule has 2 rings (SSSR count). The van der Waals surface area contributed by atoms with Crippen molar-refractivity contribution in [3.05, 3.63) is 0 Å². The van der Waals surface area contributed by atoms with Crippen LogP contribution < -0.4 is 0 Å². The summed E-state index contributed by atoms with van der Waals surface area (Å²) in [6.07, 6.45) is 4.31. The molecule has 2 fully saturated rings. The molecule has 94 valence electrons. The summed E-state index contributed by atoms with van der Waals surface area (Å²) in [4.78, 5) is 5.47. The van der Waals surface area contributed by atoms with Gasteiger partial charge in [0.05, 0.1) is 0 Å². The van der Waals surface area contributed by atoms with Crippen LogP contribution in [0.2, 0.25) is 0 Å². The lowest BCUT2D eigenvalue weighted by Crippen LogP contribution is -2.45. The molecule has 0 aliphatic carbocycles. The predicted molar refractivity (Wildman–Crippen MR) is 69.7 cm³/mol. The summed E-state index contributed by atoms with van der Waals surface area (Å²) in [6.45, 7) is 13.4. The van der Waals surface area contributed by atoms with E-state index in [-0.39, 0.29) is 0 Å². The fraction of sp³-hybridized carbons (Fsp3) is 1.00. The normalized spacial score (nSPS) is 33.4. The van der Waals surface area contributed by atoms with E-state index in [0.29, 0.717) is 0 Å². The smallest absolute Gasteiger partial charge is 0.0226 e. The fourth-order valence-corrected chi connectivity index (χ4v) is 3.42. The molecule has 0 aromatic carbocycles. The first kappa shape index (κ1) is 12.4. The van der Waals surface area contributed by atoms with E-state index in [1.165, 1.54) is 38.9 Å². The van der Waals surface area contributed by atoms with Crippen molar-refractivity contribution in [3.63, 3.8) is 0 Å². The Bertz CT molecular complexity index is 225. The van der Waals surface area contributed by atoms with E-state index in [4.69, 9.17) is 0 Å². The van der Waals surface area contributed by atoms with Crippen LogP contribution in [0, 0.1) is 5.92 Å². The number of nitrogens with zero attached hydrogens (tertiary/aromatic N) is 2. The second kappa shape index (κ2) is 5.05. The third-order valence-corrected chi connectivity index (χ3v) is 4.42. The molecule has 0 aromatic rings. The van der Waals surface area contributed by atoms with Crippen LogP contribution >= 0.6 is 0 Å². The van der Waals surface area contributed by atoms with Crippen LogP contribution in [0.4, 0.5) is 0 Å². The van der Waals surface area contributed by atoms with Crippen LogP contribution in [0.1, 0.15) is 47.0 Å². The molecule has 0 N–H and O–H groups in total. The molecule has 2 heterocycles. The van der Waals surface area contributed by atoms with E-state index in [1.807, 2.05) is 0 Å². The van der Waals surface area contributed by atoms with Crippen molar-refractivity contribution in [2.75, 3.05) is 19.6 Å². The van der Waals surface area contributed by atoms with Crippen molar-refractivity contribution in [2.45, 2.75) is 65.1 Å². The monoisotopic (exact) mass is 224 g/mol. The molecule has 0 spiro atoms. The Hall–Kier alpha value is -0.0800. The minimum absolute atomic E-state index is 0.718. The first-order chi connectivity index (χ1) is 7.58. The van der Waals surface area contributed by atoms with Gasteiger partial charge in [-0.3, -0.25) is 9.80 Å². The average Bonchev–Trinajstić information content (AvgIpc) is 2.45. The zero-order valence-electron chi connectivity index (χ0n) is 11.4. The highest BCUT2D eigenvalue weighted by molar-refractivity contribution is 4.89. The van der Waals surface area contributed by atoms with Crippen molar-refractivity contribution in [1.82, 2.24) is 9.80 Å². The molecule has 16 heavy (non-hydrogen) atoms.